The van der Waals surface area contributed by atoms with E-state index >= 15 is 8.78 Å². The first-order valence-electron chi connectivity index (χ1n) is 28.6. The molecule has 0 spiro atoms. The molecule has 464 valence electrons. The van der Waals surface area contributed by atoms with Gasteiger partial charge in [-0.1, -0.05) is 79.7 Å². The van der Waals surface area contributed by atoms with Crippen LogP contribution in [0.15, 0.2) is 72.3 Å². The normalized spacial score (nSPS) is 19.7. The maximum atomic E-state index is 16.3. The molecular formula is C63H106F2O14Si2. The fourth-order valence-corrected chi connectivity index (χ4v) is 10.6. The van der Waals surface area contributed by atoms with Gasteiger partial charge in [0.1, 0.15) is 47.6 Å². The minimum atomic E-state index is -2.08. The first-order chi connectivity index (χ1) is 37.0. The molecule has 2 aromatic carbocycles. The zero-order valence-electron chi connectivity index (χ0n) is 53.8. The third kappa shape index (κ3) is 24.1. The minimum absolute atomic E-state index is 0.00309. The summed E-state index contributed by atoms with van der Waals surface area (Å²) in [5.41, 5.74) is 0.299. The van der Waals surface area contributed by atoms with Crippen LogP contribution in [0, 0.1) is 22.7 Å². The fraction of sp³-hybridized carbons (Fsp3) is 0.714. The Hall–Kier alpha value is -3.57. The van der Waals surface area contributed by atoms with Crippen molar-refractivity contribution in [2.24, 2.45) is 22.7 Å². The monoisotopic (exact) mass is 1180 g/mol. The predicted octanol–water partition coefficient (Wildman–Crippen LogP) is 14.2. The molecule has 0 saturated carbocycles. The lowest BCUT2D eigenvalue weighted by atomic mass is 9.97. The van der Waals surface area contributed by atoms with Crippen LogP contribution in [0.5, 0.6) is 11.5 Å². The van der Waals surface area contributed by atoms with E-state index in [1.54, 1.807) is 100.0 Å². The van der Waals surface area contributed by atoms with Gasteiger partial charge in [-0.25, -0.2) is 8.78 Å². The van der Waals surface area contributed by atoms with Crippen molar-refractivity contribution in [1.29, 1.82) is 0 Å². The molecule has 2 N–H and O–H groups in total. The largest absolute Gasteiger partial charge is 0.497 e. The number of aliphatic hydroxyl groups excluding tert-OH is 2. The number of carbonyl (C=O) groups is 2. The topological polar surface area (TPSA) is 167 Å². The number of hydrogen-bond acceptors (Lipinski definition) is 14. The summed E-state index contributed by atoms with van der Waals surface area (Å²) in [6.07, 6.45) is -3.95. The Morgan fingerprint density at radius 2 is 1.02 bits per heavy atom. The first kappa shape index (κ1) is 73.5. The summed E-state index contributed by atoms with van der Waals surface area (Å²) in [5.74, 6) is -1.96. The number of aliphatic hydroxyl groups is 2. The Morgan fingerprint density at radius 3 is 1.42 bits per heavy atom. The lowest BCUT2D eigenvalue weighted by Gasteiger charge is -2.39. The number of hydrogen-bond donors (Lipinski definition) is 2. The maximum Gasteiger partial charge on any atom is 0.311 e. The molecule has 2 aromatic rings. The molecule has 18 heteroatoms. The molecule has 0 aromatic heterocycles. The molecule has 14 nitrogen and oxygen atoms in total. The summed E-state index contributed by atoms with van der Waals surface area (Å²) in [5, 5.41) is 21.6. The molecule has 0 unspecified atom stereocenters. The van der Waals surface area contributed by atoms with Crippen LogP contribution < -0.4 is 9.47 Å². The molecule has 0 bridgehead atoms. The van der Waals surface area contributed by atoms with Gasteiger partial charge in [-0.3, -0.25) is 9.59 Å². The van der Waals surface area contributed by atoms with Crippen molar-refractivity contribution < 1.29 is 75.3 Å². The SMILES string of the molecule is COc1ccc(CO[C@H](/C(F)=C\[C@@H](C)[C@@H](C)O[Si](C)(C)C(C)(C)C)[C@@H](O)[C@@H](O)CCOC(=O)C(C)(C)C)cc1.COc1ccc(CO[C@H](/C(F)=C\[C@@H](C)[C@H](C)O[Si](C)(C)C(C)(C)C)[C@H]2OC(C)(C)O[C@H]2CCOC(=O)C(C)(C)C)cc1. The minimum Gasteiger partial charge on any atom is -0.497 e. The summed E-state index contributed by atoms with van der Waals surface area (Å²) in [6.45, 7) is 43.7. The van der Waals surface area contributed by atoms with E-state index in [-0.39, 0.29) is 72.9 Å². The Kier molecular flexibility index (Phi) is 28.1. The van der Waals surface area contributed by atoms with E-state index in [2.05, 4.69) is 67.7 Å². The highest BCUT2D eigenvalue weighted by molar-refractivity contribution is 6.74. The Bertz CT molecular complexity index is 2280. The number of rotatable bonds is 27. The molecule has 0 radical (unpaired) electrons. The standard InChI is InChI=1S/C33H55FO7Si.C30H51FO7Si/c1-22(23(2)41-42(12,13)32(6,7)8)20-26(34)28(38-21-24-14-16-25(36-11)17-15-24)29-27(39-33(9,10)40-29)18-19-37-30(35)31(3,4)5;1-20(21(2)38-39(10,11)30(6,7)8)18-24(31)27(37-19-22-12-14-23(35-9)15-13-22)26(33)25(32)16-17-36-28(34)29(3,4)5/h14-17,20,22-23,27-29H,18-19,21H2,1-13H3;12-15,18,20-21,25-27,32-33H,16-17,19H2,1-11H3/b26-20+;24-18+/t22-,23+,27+,28-,29+;20-,21-,25+,26+,27-/m11/s1. The molecule has 1 fully saturated rings. The van der Waals surface area contributed by atoms with Crippen molar-refractivity contribution in [3.63, 3.8) is 0 Å². The van der Waals surface area contributed by atoms with Gasteiger partial charge in [0, 0.05) is 36.9 Å². The van der Waals surface area contributed by atoms with Crippen molar-refractivity contribution in [1.82, 2.24) is 0 Å². The quantitative estimate of drug-likeness (QED) is 0.0640. The van der Waals surface area contributed by atoms with Crippen LogP contribution in [0.25, 0.3) is 0 Å². The summed E-state index contributed by atoms with van der Waals surface area (Å²) in [7, 11) is -0.954. The van der Waals surface area contributed by atoms with Crippen molar-refractivity contribution in [2.45, 2.75) is 242 Å². The molecule has 3 rings (SSSR count). The number of esters is 2. The Labute approximate surface area is 488 Å². The van der Waals surface area contributed by atoms with Crippen molar-refractivity contribution in [3.8, 4) is 11.5 Å². The first-order valence-corrected chi connectivity index (χ1v) is 34.4. The van der Waals surface area contributed by atoms with Gasteiger partial charge in [0.2, 0.25) is 0 Å². The second-order valence-corrected chi connectivity index (χ2v) is 36.7. The number of carbonyl (C=O) groups excluding carboxylic acids is 2. The van der Waals surface area contributed by atoms with Gasteiger partial charge in [-0.15, -0.1) is 0 Å². The van der Waals surface area contributed by atoms with Crippen LogP contribution >= 0.6 is 0 Å². The van der Waals surface area contributed by atoms with Crippen molar-refractivity contribution >= 4 is 28.6 Å². The number of halogens is 2. The molecular weight excluding hydrogens is 1070 g/mol. The van der Waals surface area contributed by atoms with Gasteiger partial charge in [-0.05, 0) is 153 Å². The van der Waals surface area contributed by atoms with Crippen LogP contribution in [-0.2, 0) is 60.1 Å². The molecule has 1 heterocycles. The molecule has 0 aliphatic carbocycles. The highest BCUT2D eigenvalue weighted by atomic mass is 28.4. The molecule has 81 heavy (non-hydrogen) atoms. The van der Waals surface area contributed by atoms with Crippen LogP contribution in [0.1, 0.15) is 149 Å². The average Bonchev–Trinajstić information content (AvgIpc) is 3.65. The van der Waals surface area contributed by atoms with E-state index in [1.165, 1.54) is 6.08 Å². The van der Waals surface area contributed by atoms with Crippen LogP contribution in [0.4, 0.5) is 8.78 Å². The highest BCUT2D eigenvalue weighted by Crippen LogP contribution is 2.41. The number of benzene rings is 2. The second-order valence-electron chi connectivity index (χ2n) is 27.2. The van der Waals surface area contributed by atoms with E-state index in [4.69, 9.17) is 46.7 Å². The zero-order valence-corrected chi connectivity index (χ0v) is 55.8. The third-order valence-electron chi connectivity index (χ3n) is 15.4. The van der Waals surface area contributed by atoms with Gasteiger partial charge >= 0.3 is 11.9 Å². The molecule has 10 atom stereocenters. The summed E-state index contributed by atoms with van der Waals surface area (Å²) < 4.78 is 90.6. The van der Waals surface area contributed by atoms with E-state index in [1.807, 2.05) is 52.0 Å². The van der Waals surface area contributed by atoms with E-state index in [0.29, 0.717) is 12.2 Å². The van der Waals surface area contributed by atoms with E-state index in [9.17, 15) is 19.8 Å². The molecule has 0 amide bonds. The van der Waals surface area contributed by atoms with E-state index < -0.39 is 87.5 Å². The van der Waals surface area contributed by atoms with E-state index in [0.717, 1.165) is 16.9 Å². The number of ether oxygens (including phenoxy) is 8. The summed E-state index contributed by atoms with van der Waals surface area (Å²) in [6, 6.07) is 14.5. The zero-order chi connectivity index (χ0) is 62.3. The summed E-state index contributed by atoms with van der Waals surface area (Å²) in [4.78, 5) is 24.4. The third-order valence-corrected chi connectivity index (χ3v) is 24.5. The van der Waals surface area contributed by atoms with Gasteiger partial charge < -0.3 is 57.0 Å². The molecule has 1 aliphatic rings. The highest BCUT2D eigenvalue weighted by Gasteiger charge is 2.48. The number of methoxy groups -OCH3 is 2. The van der Waals surface area contributed by atoms with Crippen LogP contribution in [-0.4, -0.2) is 121 Å². The van der Waals surface area contributed by atoms with Gasteiger partial charge in [-0.2, -0.15) is 0 Å². The van der Waals surface area contributed by atoms with Crippen LogP contribution in [0.2, 0.25) is 36.3 Å². The Morgan fingerprint density at radius 1 is 0.630 bits per heavy atom. The molecule has 1 aliphatic heterocycles. The fourth-order valence-electron chi connectivity index (χ4n) is 7.64. The lowest BCUT2D eigenvalue weighted by Crippen LogP contribution is -2.44. The van der Waals surface area contributed by atoms with Crippen molar-refractivity contribution in [3.05, 3.63) is 83.5 Å². The summed E-state index contributed by atoms with van der Waals surface area (Å²) >= 11 is 0. The second kappa shape index (κ2) is 31.0. The average molecular weight is 1180 g/mol. The Balaban J connectivity index is 0.000000555. The lowest BCUT2D eigenvalue weighted by molar-refractivity contribution is -0.160. The van der Waals surface area contributed by atoms with Gasteiger partial charge in [0.15, 0.2) is 22.4 Å². The van der Waals surface area contributed by atoms with Gasteiger partial charge in [0.25, 0.3) is 0 Å². The smallest absolute Gasteiger partial charge is 0.311 e. The van der Waals surface area contributed by atoms with Crippen LogP contribution in [0.3, 0.4) is 0 Å². The molecule has 1 saturated heterocycles. The predicted molar refractivity (Wildman–Crippen MR) is 321 cm³/mol. The van der Waals surface area contributed by atoms with Gasteiger partial charge in [0.05, 0.1) is 63.7 Å². The van der Waals surface area contributed by atoms with Crippen molar-refractivity contribution in [2.75, 3.05) is 27.4 Å². The maximum absolute atomic E-state index is 16.3.